The zero-order valence-corrected chi connectivity index (χ0v) is 9.59. The quantitative estimate of drug-likeness (QED) is 0.650. The molecule has 1 unspecified atom stereocenters. The van der Waals surface area contributed by atoms with E-state index >= 15 is 0 Å². The molecule has 1 aliphatic heterocycles. The highest BCUT2D eigenvalue weighted by molar-refractivity contribution is 4.73. The molecule has 1 N–H and O–H groups in total. The summed E-state index contributed by atoms with van der Waals surface area (Å²) in [4.78, 5) is 2.57. The molecule has 1 aliphatic rings. The van der Waals surface area contributed by atoms with E-state index in [2.05, 4.69) is 24.1 Å². The van der Waals surface area contributed by atoms with Crippen molar-refractivity contribution >= 4 is 0 Å². The Labute approximate surface area is 87.8 Å². The summed E-state index contributed by atoms with van der Waals surface area (Å²) >= 11 is 0. The number of nitrogens with one attached hydrogen (secondary N) is 1. The van der Waals surface area contributed by atoms with Gasteiger partial charge in [0.05, 0.1) is 13.2 Å². The number of hydrogen-bond donors (Lipinski definition) is 1. The summed E-state index contributed by atoms with van der Waals surface area (Å²) in [6.07, 6.45) is 2.46. The Morgan fingerprint density at radius 3 is 3.00 bits per heavy atom. The summed E-state index contributed by atoms with van der Waals surface area (Å²) in [5.41, 5.74) is 0. The zero-order chi connectivity index (χ0) is 10.2. The van der Waals surface area contributed by atoms with Gasteiger partial charge in [-0.25, -0.2) is 0 Å². The average molecular weight is 200 g/mol. The van der Waals surface area contributed by atoms with Crippen LogP contribution in [0, 0.1) is 0 Å². The lowest BCUT2D eigenvalue weighted by molar-refractivity contribution is -0.00884. The minimum absolute atomic E-state index is 0.658. The van der Waals surface area contributed by atoms with Crippen molar-refractivity contribution in [2.75, 3.05) is 39.4 Å². The molecule has 0 bridgehead atoms. The second kappa shape index (κ2) is 7.21. The fraction of sp³-hybridized carbons (Fsp3) is 1.00. The van der Waals surface area contributed by atoms with E-state index in [1.54, 1.807) is 0 Å². The molecule has 0 aromatic carbocycles. The molecule has 1 fully saturated rings. The fourth-order valence-corrected chi connectivity index (χ4v) is 1.94. The second-order valence-corrected chi connectivity index (χ2v) is 3.88. The van der Waals surface area contributed by atoms with E-state index in [4.69, 9.17) is 4.74 Å². The molecule has 3 heteroatoms. The number of morpholine rings is 1. The van der Waals surface area contributed by atoms with Crippen LogP contribution in [0.1, 0.15) is 26.7 Å². The van der Waals surface area contributed by atoms with E-state index in [9.17, 15) is 0 Å². The average Bonchev–Trinajstić information content (AvgIpc) is 2.25. The van der Waals surface area contributed by atoms with Gasteiger partial charge in [-0.05, 0) is 32.5 Å². The highest BCUT2D eigenvalue weighted by Gasteiger charge is 2.20. The third-order valence-corrected chi connectivity index (χ3v) is 2.87. The van der Waals surface area contributed by atoms with Crippen LogP contribution >= 0.6 is 0 Å². The predicted octanol–water partition coefficient (Wildman–Crippen LogP) is 1.10. The number of nitrogens with zero attached hydrogens (tertiary/aromatic N) is 1. The Kier molecular flexibility index (Phi) is 6.15. The van der Waals surface area contributed by atoms with Gasteiger partial charge in [0.15, 0.2) is 0 Å². The first kappa shape index (κ1) is 12.0. The maximum atomic E-state index is 5.47. The molecular weight excluding hydrogens is 176 g/mol. The number of rotatable bonds is 6. The van der Waals surface area contributed by atoms with Crippen molar-refractivity contribution in [2.45, 2.75) is 32.7 Å². The highest BCUT2D eigenvalue weighted by Crippen LogP contribution is 2.09. The summed E-state index contributed by atoms with van der Waals surface area (Å²) in [6, 6.07) is 0.658. The van der Waals surface area contributed by atoms with Gasteiger partial charge in [0.2, 0.25) is 0 Å². The first-order valence-corrected chi connectivity index (χ1v) is 5.91. The molecule has 0 aromatic rings. The number of ether oxygens (including phenoxy) is 1. The lowest BCUT2D eigenvalue weighted by Crippen LogP contribution is -2.45. The molecule has 0 aliphatic carbocycles. The molecular formula is C11H24N2O. The number of hydrogen-bond acceptors (Lipinski definition) is 3. The first-order chi connectivity index (χ1) is 6.88. The topological polar surface area (TPSA) is 24.5 Å². The Morgan fingerprint density at radius 1 is 1.43 bits per heavy atom. The second-order valence-electron chi connectivity index (χ2n) is 3.88. The summed E-state index contributed by atoms with van der Waals surface area (Å²) in [7, 11) is 0. The monoisotopic (exact) mass is 200 g/mol. The molecule has 84 valence electrons. The summed E-state index contributed by atoms with van der Waals surface area (Å²) < 4.78 is 5.47. The van der Waals surface area contributed by atoms with E-state index < -0.39 is 0 Å². The lowest BCUT2D eigenvalue weighted by Gasteiger charge is -2.35. The van der Waals surface area contributed by atoms with Crippen LogP contribution in [0.25, 0.3) is 0 Å². The van der Waals surface area contributed by atoms with Gasteiger partial charge in [-0.1, -0.05) is 13.8 Å². The first-order valence-electron chi connectivity index (χ1n) is 5.91. The van der Waals surface area contributed by atoms with Gasteiger partial charge < -0.3 is 10.1 Å². The Morgan fingerprint density at radius 2 is 2.29 bits per heavy atom. The van der Waals surface area contributed by atoms with Gasteiger partial charge in [0.25, 0.3) is 0 Å². The van der Waals surface area contributed by atoms with E-state index in [-0.39, 0.29) is 0 Å². The van der Waals surface area contributed by atoms with Gasteiger partial charge in [0, 0.05) is 12.6 Å². The zero-order valence-electron chi connectivity index (χ0n) is 9.59. The van der Waals surface area contributed by atoms with Crippen LogP contribution < -0.4 is 5.32 Å². The standard InChI is InChI=1S/C11H24N2O/c1-3-11-10-14-9-8-13(11)7-5-6-12-4-2/h11-12H,3-10H2,1-2H3. The molecule has 0 aromatic heterocycles. The fourth-order valence-electron chi connectivity index (χ4n) is 1.94. The largest absolute Gasteiger partial charge is 0.378 e. The third kappa shape index (κ3) is 3.95. The van der Waals surface area contributed by atoms with Gasteiger partial charge in [-0.2, -0.15) is 0 Å². The van der Waals surface area contributed by atoms with Crippen molar-refractivity contribution in [3.8, 4) is 0 Å². The Balaban J connectivity index is 2.13. The van der Waals surface area contributed by atoms with Crippen LogP contribution in [0.15, 0.2) is 0 Å². The predicted molar refractivity (Wildman–Crippen MR) is 59.6 cm³/mol. The van der Waals surface area contributed by atoms with Crippen molar-refractivity contribution in [1.82, 2.24) is 10.2 Å². The molecule has 1 heterocycles. The van der Waals surface area contributed by atoms with Gasteiger partial charge in [0.1, 0.15) is 0 Å². The molecule has 0 spiro atoms. The maximum Gasteiger partial charge on any atom is 0.0622 e. The third-order valence-electron chi connectivity index (χ3n) is 2.87. The lowest BCUT2D eigenvalue weighted by atomic mass is 10.1. The van der Waals surface area contributed by atoms with Crippen molar-refractivity contribution in [3.63, 3.8) is 0 Å². The Hall–Kier alpha value is -0.120. The normalized spacial score (nSPS) is 24.0. The van der Waals surface area contributed by atoms with Crippen LogP contribution in [0.5, 0.6) is 0 Å². The minimum Gasteiger partial charge on any atom is -0.378 e. The van der Waals surface area contributed by atoms with Gasteiger partial charge in [-0.15, -0.1) is 0 Å². The molecule has 0 amide bonds. The van der Waals surface area contributed by atoms with Gasteiger partial charge >= 0.3 is 0 Å². The maximum absolute atomic E-state index is 5.47. The molecule has 1 atom stereocenters. The van der Waals surface area contributed by atoms with E-state index in [1.165, 1.54) is 19.4 Å². The minimum atomic E-state index is 0.658. The van der Waals surface area contributed by atoms with Crippen molar-refractivity contribution in [3.05, 3.63) is 0 Å². The molecule has 3 nitrogen and oxygen atoms in total. The SMILES string of the molecule is CCNCCCN1CCOCC1CC. The van der Waals surface area contributed by atoms with E-state index in [1.807, 2.05) is 0 Å². The Bertz CT molecular complexity index is 141. The highest BCUT2D eigenvalue weighted by atomic mass is 16.5. The molecule has 0 radical (unpaired) electrons. The molecule has 14 heavy (non-hydrogen) atoms. The summed E-state index contributed by atoms with van der Waals surface area (Å²) in [5, 5.41) is 3.36. The molecule has 0 saturated carbocycles. The van der Waals surface area contributed by atoms with Crippen LogP contribution in [0.3, 0.4) is 0 Å². The van der Waals surface area contributed by atoms with Crippen LogP contribution in [0.2, 0.25) is 0 Å². The van der Waals surface area contributed by atoms with Crippen LogP contribution in [0.4, 0.5) is 0 Å². The smallest absolute Gasteiger partial charge is 0.0622 e. The summed E-state index contributed by atoms with van der Waals surface area (Å²) in [5.74, 6) is 0. The van der Waals surface area contributed by atoms with Crippen LogP contribution in [-0.4, -0.2) is 50.3 Å². The van der Waals surface area contributed by atoms with Gasteiger partial charge in [-0.3, -0.25) is 4.90 Å². The van der Waals surface area contributed by atoms with E-state index in [0.717, 1.165) is 32.8 Å². The van der Waals surface area contributed by atoms with Crippen molar-refractivity contribution < 1.29 is 4.74 Å². The van der Waals surface area contributed by atoms with Crippen molar-refractivity contribution in [1.29, 1.82) is 0 Å². The van der Waals surface area contributed by atoms with E-state index in [0.29, 0.717) is 6.04 Å². The molecule has 1 rings (SSSR count). The van der Waals surface area contributed by atoms with Crippen molar-refractivity contribution in [2.24, 2.45) is 0 Å². The molecule has 1 saturated heterocycles. The summed E-state index contributed by atoms with van der Waals surface area (Å²) in [6.45, 7) is 10.8. The van der Waals surface area contributed by atoms with Crippen LogP contribution in [-0.2, 0) is 4.74 Å².